The van der Waals surface area contributed by atoms with Gasteiger partial charge in [0.15, 0.2) is 0 Å². The second-order valence-electron chi connectivity index (χ2n) is 8.86. The fourth-order valence-electron chi connectivity index (χ4n) is 4.47. The van der Waals surface area contributed by atoms with Crippen molar-refractivity contribution >= 4 is 17.7 Å². The number of alkyl halides is 3. The highest BCUT2D eigenvalue weighted by molar-refractivity contribution is 5.78. The lowest BCUT2D eigenvalue weighted by Gasteiger charge is -2.42. The van der Waals surface area contributed by atoms with Crippen LogP contribution in [0.2, 0.25) is 0 Å². The maximum Gasteiger partial charge on any atom is 0.490 e. The smallest absolute Gasteiger partial charge is 0.475 e. The minimum Gasteiger partial charge on any atom is -0.475 e. The monoisotopic (exact) mass is 508 g/mol. The molecule has 2 aromatic rings. The first-order valence-corrected chi connectivity index (χ1v) is 11.7. The van der Waals surface area contributed by atoms with E-state index < -0.39 is 12.1 Å². The summed E-state index contributed by atoms with van der Waals surface area (Å²) < 4.78 is 31.7. The first kappa shape index (κ1) is 27.3. The number of carbonyl (C=O) groups excluding carboxylic acids is 1. The summed E-state index contributed by atoms with van der Waals surface area (Å²) in [5, 5.41) is 7.12. The average molecular weight is 509 g/mol. The number of aromatic nitrogens is 2. The van der Waals surface area contributed by atoms with Crippen LogP contribution in [0.5, 0.6) is 0 Å². The van der Waals surface area contributed by atoms with Gasteiger partial charge in [-0.15, -0.1) is 0 Å². The molecule has 12 heteroatoms. The van der Waals surface area contributed by atoms with Gasteiger partial charge < -0.3 is 20.6 Å². The molecule has 3 heterocycles. The number of hydrogen-bond donors (Lipinski definition) is 2. The number of nitrogens with zero attached hydrogens (tertiary/aromatic N) is 5. The van der Waals surface area contributed by atoms with Crippen LogP contribution in [0.15, 0.2) is 48.9 Å². The Morgan fingerprint density at radius 2 is 1.61 bits per heavy atom. The molecule has 4 rings (SSSR count). The summed E-state index contributed by atoms with van der Waals surface area (Å²) in [6.45, 7) is 6.17. The number of likely N-dealkylation sites (tertiary alicyclic amines) is 1. The summed E-state index contributed by atoms with van der Waals surface area (Å²) in [5.74, 6) is -1.61. The standard InChI is InChI=1S/C22H30N6O.C2HF3O2/c23-18-22(19-4-2-1-3-5-19)6-10-28(11-7-22)21(29)17-26-12-14-27(15-13-26)20-16-24-8-9-25-20;3-2(4,5)1(6)7/h1-5,8-9,16H,6-7,10-15,17-18,23H2;(H,6,7). The van der Waals surface area contributed by atoms with E-state index in [1.165, 1.54) is 5.56 Å². The van der Waals surface area contributed by atoms with Crippen molar-refractivity contribution in [2.45, 2.75) is 24.4 Å². The van der Waals surface area contributed by atoms with Gasteiger partial charge in [0.25, 0.3) is 0 Å². The highest BCUT2D eigenvalue weighted by Gasteiger charge is 2.38. The molecule has 0 radical (unpaired) electrons. The Morgan fingerprint density at radius 3 is 2.11 bits per heavy atom. The number of anilines is 1. The highest BCUT2D eigenvalue weighted by atomic mass is 19.4. The molecule has 2 fully saturated rings. The van der Waals surface area contributed by atoms with E-state index in [0.717, 1.165) is 57.9 Å². The third kappa shape index (κ3) is 7.14. The lowest BCUT2D eigenvalue weighted by molar-refractivity contribution is -0.192. The number of carboxylic acid groups (broad SMARTS) is 1. The van der Waals surface area contributed by atoms with Crippen molar-refractivity contribution in [3.63, 3.8) is 0 Å². The molecule has 36 heavy (non-hydrogen) atoms. The molecule has 196 valence electrons. The van der Waals surface area contributed by atoms with E-state index in [-0.39, 0.29) is 11.3 Å². The number of carbonyl (C=O) groups is 2. The van der Waals surface area contributed by atoms with Crippen molar-refractivity contribution in [3.8, 4) is 0 Å². The number of rotatable bonds is 5. The molecule has 1 aromatic heterocycles. The van der Waals surface area contributed by atoms with E-state index in [2.05, 4.69) is 44.0 Å². The SMILES string of the molecule is NCC1(c2ccccc2)CCN(C(=O)CN2CCN(c3cnccn3)CC2)CC1.O=C(O)C(F)(F)F. The second kappa shape index (κ2) is 12.1. The molecule has 2 saturated heterocycles. The summed E-state index contributed by atoms with van der Waals surface area (Å²) in [6.07, 6.45) is 1.98. The normalized spacial score (nSPS) is 18.2. The number of hydrogen-bond acceptors (Lipinski definition) is 7. The van der Waals surface area contributed by atoms with Gasteiger partial charge in [-0.25, -0.2) is 9.78 Å². The average Bonchev–Trinajstić information content (AvgIpc) is 2.90. The van der Waals surface area contributed by atoms with E-state index in [4.69, 9.17) is 15.6 Å². The first-order valence-electron chi connectivity index (χ1n) is 11.7. The van der Waals surface area contributed by atoms with Crippen LogP contribution in [0.4, 0.5) is 19.0 Å². The predicted molar refractivity (Wildman–Crippen MR) is 127 cm³/mol. The zero-order valence-corrected chi connectivity index (χ0v) is 19.9. The molecule has 0 unspecified atom stereocenters. The van der Waals surface area contributed by atoms with Gasteiger partial charge >= 0.3 is 12.1 Å². The molecular weight excluding hydrogens is 477 g/mol. The molecule has 9 nitrogen and oxygen atoms in total. The van der Waals surface area contributed by atoms with E-state index in [1.807, 2.05) is 11.0 Å². The van der Waals surface area contributed by atoms with Gasteiger partial charge in [-0.05, 0) is 18.4 Å². The Kier molecular flexibility index (Phi) is 9.21. The summed E-state index contributed by atoms with van der Waals surface area (Å²) in [7, 11) is 0. The number of piperazine rings is 1. The zero-order valence-electron chi connectivity index (χ0n) is 19.9. The van der Waals surface area contributed by atoms with Gasteiger partial charge in [0.05, 0.1) is 12.7 Å². The van der Waals surface area contributed by atoms with Crippen LogP contribution in [-0.4, -0.2) is 95.3 Å². The molecule has 0 aliphatic carbocycles. The van der Waals surface area contributed by atoms with Crippen molar-refractivity contribution in [3.05, 3.63) is 54.5 Å². The minimum absolute atomic E-state index is 0.000382. The molecule has 1 amide bonds. The summed E-state index contributed by atoms with van der Waals surface area (Å²) in [6, 6.07) is 10.5. The zero-order chi connectivity index (χ0) is 26.2. The van der Waals surface area contributed by atoms with Gasteiger partial charge in [-0.1, -0.05) is 30.3 Å². The quantitative estimate of drug-likeness (QED) is 0.628. The summed E-state index contributed by atoms with van der Waals surface area (Å²) in [4.78, 5) is 36.8. The molecule has 2 aliphatic heterocycles. The van der Waals surface area contributed by atoms with Gasteiger partial charge in [0.1, 0.15) is 5.82 Å². The Hall–Kier alpha value is -3.25. The van der Waals surface area contributed by atoms with E-state index in [0.29, 0.717) is 13.1 Å². The fourth-order valence-corrected chi connectivity index (χ4v) is 4.47. The number of amides is 1. The van der Waals surface area contributed by atoms with Crippen molar-refractivity contribution in [2.75, 3.05) is 57.3 Å². The molecule has 1 aromatic carbocycles. The van der Waals surface area contributed by atoms with Gasteiger partial charge in [-0.3, -0.25) is 14.7 Å². The molecular formula is C24H31F3N6O3. The maximum atomic E-state index is 12.9. The third-order valence-corrected chi connectivity index (χ3v) is 6.70. The fraction of sp³-hybridized carbons (Fsp3) is 0.500. The number of carboxylic acids is 1. The summed E-state index contributed by atoms with van der Waals surface area (Å²) in [5.41, 5.74) is 7.48. The predicted octanol–water partition coefficient (Wildman–Crippen LogP) is 1.75. The largest absolute Gasteiger partial charge is 0.490 e. The molecule has 0 saturated carbocycles. The van der Waals surface area contributed by atoms with Crippen molar-refractivity contribution in [1.82, 2.24) is 19.8 Å². The van der Waals surface area contributed by atoms with E-state index in [9.17, 15) is 18.0 Å². The lowest BCUT2D eigenvalue weighted by atomic mass is 9.73. The van der Waals surface area contributed by atoms with Gasteiger partial charge in [-0.2, -0.15) is 13.2 Å². The van der Waals surface area contributed by atoms with E-state index >= 15 is 0 Å². The number of nitrogens with two attached hydrogens (primary N) is 1. The van der Waals surface area contributed by atoms with Crippen molar-refractivity contribution in [1.29, 1.82) is 0 Å². The molecule has 0 spiro atoms. The number of benzene rings is 1. The van der Waals surface area contributed by atoms with E-state index in [1.54, 1.807) is 18.6 Å². The van der Waals surface area contributed by atoms with Crippen molar-refractivity contribution in [2.24, 2.45) is 5.73 Å². The first-order chi connectivity index (χ1) is 17.1. The Bertz CT molecular complexity index is 978. The summed E-state index contributed by atoms with van der Waals surface area (Å²) >= 11 is 0. The van der Waals surface area contributed by atoms with Crippen LogP contribution in [0, 0.1) is 0 Å². The molecule has 0 bridgehead atoms. The van der Waals surface area contributed by atoms with Crippen molar-refractivity contribution < 1.29 is 27.9 Å². The minimum atomic E-state index is -5.08. The Labute approximate surface area is 207 Å². The second-order valence-corrected chi connectivity index (χ2v) is 8.86. The third-order valence-electron chi connectivity index (χ3n) is 6.70. The molecule has 3 N–H and O–H groups in total. The van der Waals surface area contributed by atoms with Crippen LogP contribution in [0.3, 0.4) is 0 Å². The van der Waals surface area contributed by atoms with Crippen LogP contribution in [0.1, 0.15) is 18.4 Å². The Morgan fingerprint density at radius 1 is 1.00 bits per heavy atom. The van der Waals surface area contributed by atoms with Gasteiger partial charge in [0.2, 0.25) is 5.91 Å². The number of halogens is 3. The molecule has 2 aliphatic rings. The van der Waals surface area contributed by atoms with Crippen LogP contribution in [-0.2, 0) is 15.0 Å². The molecule has 0 atom stereocenters. The topological polar surface area (TPSA) is 116 Å². The van der Waals surface area contributed by atoms with Crippen LogP contribution < -0.4 is 10.6 Å². The van der Waals surface area contributed by atoms with Crippen LogP contribution in [0.25, 0.3) is 0 Å². The lowest BCUT2D eigenvalue weighted by Crippen LogP contribution is -2.53. The van der Waals surface area contributed by atoms with Crippen LogP contribution >= 0.6 is 0 Å². The number of piperidine rings is 1. The van der Waals surface area contributed by atoms with Gasteiger partial charge in [0, 0.05) is 63.6 Å². The highest BCUT2D eigenvalue weighted by Crippen LogP contribution is 2.34. The Balaban J connectivity index is 0.000000454. The maximum absolute atomic E-state index is 12.9. The number of aliphatic carboxylic acids is 1.